The number of benzene rings is 1. The number of hydrogen-bond acceptors (Lipinski definition) is 8. The summed E-state index contributed by atoms with van der Waals surface area (Å²) in [6.45, 7) is 2.99. The van der Waals surface area contributed by atoms with Crippen LogP contribution in [0.25, 0.3) is 0 Å². The van der Waals surface area contributed by atoms with Crippen LogP contribution in [0.4, 0.5) is 18.9 Å². The maximum Gasteiger partial charge on any atom is 0.421 e. The molecule has 3 aliphatic rings. The van der Waals surface area contributed by atoms with Crippen LogP contribution >= 0.6 is 12.2 Å². The number of ether oxygens (including phenoxy) is 1. The van der Waals surface area contributed by atoms with Gasteiger partial charge in [0.15, 0.2) is 5.60 Å². The summed E-state index contributed by atoms with van der Waals surface area (Å²) in [5, 5.41) is 10.1. The second-order valence-electron chi connectivity index (χ2n) is 11.1. The number of alkyl halides is 3. The van der Waals surface area contributed by atoms with Crippen molar-refractivity contribution < 1.29 is 36.2 Å². The summed E-state index contributed by atoms with van der Waals surface area (Å²) in [4.78, 5) is 18.6. The number of carbonyl (C=O) groups is 1. The molecule has 1 aromatic rings. The maximum absolute atomic E-state index is 13.7. The molecule has 2 saturated heterocycles. The third-order valence-electron chi connectivity index (χ3n) is 8.04. The minimum Gasteiger partial charge on any atom is -0.378 e. The highest BCUT2D eigenvalue weighted by Gasteiger charge is 2.51. The van der Waals surface area contributed by atoms with Crippen molar-refractivity contribution >= 4 is 38.7 Å². The molecular weight excluding hydrogens is 593 g/mol. The van der Waals surface area contributed by atoms with Crippen molar-refractivity contribution in [3.63, 3.8) is 0 Å². The first-order valence-electron chi connectivity index (χ1n) is 13.7. The number of sulfonamides is 1. The van der Waals surface area contributed by atoms with E-state index in [1.165, 1.54) is 39.5 Å². The Morgan fingerprint density at radius 2 is 1.83 bits per heavy atom. The van der Waals surface area contributed by atoms with E-state index in [1.54, 1.807) is 26.2 Å². The molecule has 0 saturated carbocycles. The molecule has 3 atom stereocenters. The molecule has 0 aromatic heterocycles. The van der Waals surface area contributed by atoms with E-state index in [2.05, 4.69) is 4.90 Å². The zero-order chi connectivity index (χ0) is 30.9. The third-order valence-corrected chi connectivity index (χ3v) is 10.5. The predicted molar refractivity (Wildman–Crippen MR) is 158 cm³/mol. The van der Waals surface area contributed by atoms with Crippen LogP contribution in [0.15, 0.2) is 47.4 Å². The van der Waals surface area contributed by atoms with E-state index in [0.717, 1.165) is 0 Å². The fourth-order valence-corrected chi connectivity index (χ4v) is 7.42. The second-order valence-corrected chi connectivity index (χ2v) is 13.5. The Bertz CT molecular complexity index is 1330. The third kappa shape index (κ3) is 6.89. The van der Waals surface area contributed by atoms with Gasteiger partial charge in [-0.25, -0.2) is 8.42 Å². The van der Waals surface area contributed by atoms with Gasteiger partial charge in [-0.15, -0.1) is 0 Å². The number of hydrogen-bond donors (Lipinski definition) is 1. The Morgan fingerprint density at radius 3 is 2.45 bits per heavy atom. The highest BCUT2D eigenvalue weighted by atomic mass is 32.2. The number of piperazine rings is 1. The number of nitrogens with zero attached hydrogens (tertiary/aromatic N) is 4. The molecule has 2 aliphatic heterocycles. The lowest BCUT2D eigenvalue weighted by Crippen LogP contribution is -2.61. The number of anilines is 1. The minimum absolute atomic E-state index is 0.0571. The molecule has 0 unspecified atom stereocenters. The number of thiocarbonyl (C=S) groups is 1. The molecule has 1 aromatic carbocycles. The molecule has 1 amide bonds. The summed E-state index contributed by atoms with van der Waals surface area (Å²) < 4.78 is 74.7. The highest BCUT2D eigenvalue weighted by Crippen LogP contribution is 2.39. The number of halogens is 3. The van der Waals surface area contributed by atoms with Gasteiger partial charge in [-0.05, 0) is 30.7 Å². The van der Waals surface area contributed by atoms with E-state index in [1.807, 2.05) is 4.90 Å². The predicted octanol–water partition coefficient (Wildman–Crippen LogP) is 2.67. The van der Waals surface area contributed by atoms with Crippen molar-refractivity contribution in [2.75, 3.05) is 64.9 Å². The first kappa shape index (κ1) is 32.6. The van der Waals surface area contributed by atoms with Gasteiger partial charge in [-0.2, -0.15) is 17.5 Å². The largest absolute Gasteiger partial charge is 0.421 e. The summed E-state index contributed by atoms with van der Waals surface area (Å²) >= 11 is 5.36. The summed E-state index contributed by atoms with van der Waals surface area (Å²) in [6, 6.07) is 4.91. The van der Waals surface area contributed by atoms with Gasteiger partial charge in [0.25, 0.3) is 0 Å². The van der Waals surface area contributed by atoms with Crippen LogP contribution in [0.2, 0.25) is 0 Å². The maximum atomic E-state index is 13.7. The van der Waals surface area contributed by atoms with Crippen molar-refractivity contribution in [3.8, 4) is 0 Å². The Morgan fingerprint density at radius 1 is 1.14 bits per heavy atom. The van der Waals surface area contributed by atoms with Crippen LogP contribution in [0, 0.1) is 0 Å². The molecule has 0 bridgehead atoms. The first-order valence-corrected chi connectivity index (χ1v) is 15.6. The second kappa shape index (κ2) is 12.7. The average Bonchev–Trinajstić information content (AvgIpc) is 2.93. The van der Waals surface area contributed by atoms with Gasteiger partial charge < -0.3 is 19.6 Å². The molecule has 14 heteroatoms. The van der Waals surface area contributed by atoms with Gasteiger partial charge in [-0.1, -0.05) is 36.5 Å². The normalized spacial score (nSPS) is 24.3. The molecule has 4 rings (SSSR count). The molecule has 1 N–H and O–H groups in total. The van der Waals surface area contributed by atoms with Crippen LogP contribution in [0.5, 0.6) is 0 Å². The molecule has 42 heavy (non-hydrogen) atoms. The van der Waals surface area contributed by atoms with Crippen molar-refractivity contribution in [1.29, 1.82) is 0 Å². The van der Waals surface area contributed by atoms with Crippen molar-refractivity contribution in [1.82, 2.24) is 14.1 Å². The zero-order valence-corrected chi connectivity index (χ0v) is 25.5. The number of rotatable bonds is 8. The fourth-order valence-electron chi connectivity index (χ4n) is 5.35. The Balaban J connectivity index is 1.63. The standard InChI is InChI=1S/C28H37F3N4O5S2/c1-27(37,28(29,30)31)20-8-10-21(11-9-20)35-13-12-34(42(38,39)25-7-5-4-6-24(25)41)18-23(35)17-33-14-15-40-19-22(33)16-26(36)32(2)3/h4-5,7-11,22-23,37H,6,12-19H2,1-3H3/t22-,23+,27-/m1/s1. The molecule has 1 aliphatic carbocycles. The molecule has 0 spiro atoms. The molecule has 0 radical (unpaired) electrons. The monoisotopic (exact) mass is 630 g/mol. The number of morpholine rings is 1. The van der Waals surface area contributed by atoms with E-state index >= 15 is 0 Å². The van der Waals surface area contributed by atoms with Gasteiger partial charge in [0.05, 0.1) is 24.2 Å². The van der Waals surface area contributed by atoms with E-state index in [4.69, 9.17) is 17.0 Å². The summed E-state index contributed by atoms with van der Waals surface area (Å²) in [7, 11) is -0.523. The number of amides is 1. The molecule has 2 fully saturated rings. The van der Waals surface area contributed by atoms with Crippen LogP contribution in [0.1, 0.15) is 25.3 Å². The van der Waals surface area contributed by atoms with E-state index < -0.39 is 27.8 Å². The molecule has 232 valence electrons. The summed E-state index contributed by atoms with van der Waals surface area (Å²) in [5.41, 5.74) is -2.71. The topological polar surface area (TPSA) is 93.6 Å². The zero-order valence-electron chi connectivity index (χ0n) is 23.9. The Labute approximate surface area is 250 Å². The summed E-state index contributed by atoms with van der Waals surface area (Å²) in [5.74, 6) is -0.0571. The lowest BCUT2D eigenvalue weighted by Gasteiger charge is -2.46. The van der Waals surface area contributed by atoms with E-state index in [-0.39, 0.29) is 48.5 Å². The van der Waals surface area contributed by atoms with Crippen LogP contribution in [-0.4, -0.2) is 117 Å². The van der Waals surface area contributed by atoms with Gasteiger partial charge in [0.1, 0.15) is 0 Å². The van der Waals surface area contributed by atoms with Crippen LogP contribution in [-0.2, 0) is 25.2 Å². The van der Waals surface area contributed by atoms with Crippen molar-refractivity contribution in [3.05, 3.63) is 53.0 Å². The smallest absolute Gasteiger partial charge is 0.378 e. The van der Waals surface area contributed by atoms with Gasteiger partial charge in [-0.3, -0.25) is 9.69 Å². The van der Waals surface area contributed by atoms with Crippen LogP contribution in [0.3, 0.4) is 0 Å². The van der Waals surface area contributed by atoms with Crippen molar-refractivity contribution in [2.45, 2.75) is 43.6 Å². The van der Waals surface area contributed by atoms with E-state index in [0.29, 0.717) is 50.2 Å². The highest BCUT2D eigenvalue weighted by molar-refractivity contribution is 7.96. The average molecular weight is 631 g/mol. The number of aliphatic hydroxyl groups is 1. The first-order chi connectivity index (χ1) is 19.6. The van der Waals surface area contributed by atoms with Crippen molar-refractivity contribution in [2.24, 2.45) is 0 Å². The van der Waals surface area contributed by atoms with Crippen LogP contribution < -0.4 is 4.90 Å². The number of carbonyl (C=O) groups excluding carboxylic acids is 1. The summed E-state index contributed by atoms with van der Waals surface area (Å²) in [6.07, 6.45) is 0.738. The Kier molecular flexibility index (Phi) is 9.85. The fraction of sp³-hybridized carbons (Fsp3) is 0.571. The lowest BCUT2D eigenvalue weighted by molar-refractivity contribution is -0.258. The minimum atomic E-state index is -4.85. The molecule has 2 heterocycles. The van der Waals surface area contributed by atoms with Gasteiger partial charge in [0, 0.05) is 76.3 Å². The molecule has 9 nitrogen and oxygen atoms in total. The quantitative estimate of drug-likeness (QED) is 0.439. The van der Waals surface area contributed by atoms with Gasteiger partial charge >= 0.3 is 6.18 Å². The molecular formula is C28H37F3N4O5S2. The SMILES string of the molecule is CN(C)C(=O)C[C@@H]1COCCN1C[C@H]1CN(S(=O)(=O)C2=CC=CCC2=S)CCN1c1ccc([C@@](C)(O)C(F)(F)F)cc1. The Hall–Kier alpha value is -2.36. The number of allylic oxidation sites excluding steroid dienone is 4. The van der Waals surface area contributed by atoms with E-state index in [9.17, 15) is 31.5 Å². The lowest BCUT2D eigenvalue weighted by atomic mass is 9.95. The van der Waals surface area contributed by atoms with Gasteiger partial charge in [0.2, 0.25) is 15.9 Å².